The number of para-hydroxylation sites is 3. The Kier molecular flexibility index (Phi) is 8.39. The average molecular weight is 496 g/mol. The number of anilines is 3. The maximum Gasteiger partial charge on any atom is 0.412 e. The van der Waals surface area contributed by atoms with Crippen molar-refractivity contribution >= 4 is 39.8 Å². The predicted molar refractivity (Wildman–Crippen MR) is 147 cm³/mol. The van der Waals surface area contributed by atoms with Gasteiger partial charge in [0.1, 0.15) is 11.9 Å². The molecule has 4 aromatic carbocycles. The van der Waals surface area contributed by atoms with Gasteiger partial charge in [-0.1, -0.05) is 66.7 Å². The number of amides is 2. The number of carbonyl (C=O) groups excluding carboxylic acids is 2. The second-order valence-electron chi connectivity index (χ2n) is 8.51. The van der Waals surface area contributed by atoms with Crippen LogP contribution in [0.4, 0.5) is 21.9 Å². The third-order valence-corrected chi connectivity index (χ3v) is 5.88. The molecule has 4 aromatic rings. The standard InChI is InChI=1S/C30H29N3O4/c31-25-15-9-10-16-26(25)33-29(35)18-6-2-5-17-28(37-30(36)32-21-11-3-1-4-12-21)24-19-20-27(34)23-14-8-7-13-22(23)24/h1,3-4,6-16,18-20,28,34H,2,5,17,31H2,(H,32,36)(H,33,35)/b18-6+/t28-/m1/s1. The lowest BCUT2D eigenvalue weighted by Crippen LogP contribution is -2.18. The third kappa shape index (κ3) is 6.89. The summed E-state index contributed by atoms with van der Waals surface area (Å²) in [5.74, 6) is -0.0997. The van der Waals surface area contributed by atoms with Crippen molar-refractivity contribution in [2.45, 2.75) is 25.4 Å². The van der Waals surface area contributed by atoms with Crippen LogP contribution in [0, 0.1) is 0 Å². The van der Waals surface area contributed by atoms with Gasteiger partial charge in [-0.15, -0.1) is 0 Å². The molecule has 7 heteroatoms. The molecule has 0 fully saturated rings. The second kappa shape index (κ2) is 12.3. The zero-order valence-electron chi connectivity index (χ0n) is 20.3. The zero-order valence-corrected chi connectivity index (χ0v) is 20.3. The van der Waals surface area contributed by atoms with Crippen molar-refractivity contribution in [1.82, 2.24) is 0 Å². The molecular formula is C30H29N3O4. The molecular weight excluding hydrogens is 466 g/mol. The molecule has 0 saturated carbocycles. The van der Waals surface area contributed by atoms with Crippen molar-refractivity contribution in [2.24, 2.45) is 0 Å². The number of phenolic OH excluding ortho intramolecular Hbond substituents is 1. The normalized spacial score (nSPS) is 11.8. The lowest BCUT2D eigenvalue weighted by atomic mass is 9.96. The third-order valence-electron chi connectivity index (χ3n) is 5.88. The van der Waals surface area contributed by atoms with E-state index >= 15 is 0 Å². The first-order chi connectivity index (χ1) is 18.0. The minimum atomic E-state index is -0.566. The number of fused-ring (bicyclic) bond motifs is 1. The number of carbonyl (C=O) groups is 2. The quantitative estimate of drug-likeness (QED) is 0.116. The van der Waals surface area contributed by atoms with Gasteiger partial charge in [0.05, 0.1) is 11.4 Å². The van der Waals surface area contributed by atoms with Gasteiger partial charge in [-0.05, 0) is 61.1 Å². The van der Waals surface area contributed by atoms with Crippen LogP contribution in [0.15, 0.2) is 103 Å². The molecule has 0 aliphatic rings. The van der Waals surface area contributed by atoms with Crippen LogP contribution in [-0.2, 0) is 9.53 Å². The van der Waals surface area contributed by atoms with E-state index in [4.69, 9.17) is 10.5 Å². The fourth-order valence-corrected chi connectivity index (χ4v) is 4.06. The molecule has 0 saturated heterocycles. The predicted octanol–water partition coefficient (Wildman–Crippen LogP) is 6.78. The van der Waals surface area contributed by atoms with Crippen LogP contribution >= 0.6 is 0 Å². The van der Waals surface area contributed by atoms with Crippen LogP contribution in [0.5, 0.6) is 5.75 Å². The van der Waals surface area contributed by atoms with Crippen molar-refractivity contribution in [3.05, 3.63) is 109 Å². The molecule has 0 radical (unpaired) electrons. The monoisotopic (exact) mass is 495 g/mol. The zero-order chi connectivity index (χ0) is 26.0. The van der Waals surface area contributed by atoms with Crippen LogP contribution in [0.3, 0.4) is 0 Å². The van der Waals surface area contributed by atoms with Crippen molar-refractivity contribution in [3.8, 4) is 5.75 Å². The fraction of sp³-hybridized carbons (Fsp3) is 0.133. The Morgan fingerprint density at radius 3 is 2.35 bits per heavy atom. The number of rotatable bonds is 9. The number of hydrogen-bond donors (Lipinski definition) is 4. The highest BCUT2D eigenvalue weighted by molar-refractivity contribution is 6.01. The molecule has 0 aliphatic carbocycles. The SMILES string of the molecule is Nc1ccccc1NC(=O)/C=C/CCC[C@@H](OC(=O)Nc1ccccc1)c1ccc(O)c2ccccc12. The molecule has 188 valence electrons. The van der Waals surface area contributed by atoms with Crippen molar-refractivity contribution in [1.29, 1.82) is 0 Å². The smallest absolute Gasteiger partial charge is 0.412 e. The Morgan fingerprint density at radius 1 is 0.865 bits per heavy atom. The van der Waals surface area contributed by atoms with Gasteiger partial charge in [0.2, 0.25) is 5.91 Å². The Hall–Kier alpha value is -4.78. The highest BCUT2D eigenvalue weighted by Crippen LogP contribution is 2.34. The summed E-state index contributed by atoms with van der Waals surface area (Å²) in [7, 11) is 0. The molecule has 1 atom stereocenters. The topological polar surface area (TPSA) is 114 Å². The van der Waals surface area contributed by atoms with Gasteiger partial charge in [-0.25, -0.2) is 4.79 Å². The van der Waals surface area contributed by atoms with E-state index in [1.54, 1.807) is 54.6 Å². The number of hydrogen-bond acceptors (Lipinski definition) is 5. The largest absolute Gasteiger partial charge is 0.507 e. The van der Waals surface area contributed by atoms with Crippen LogP contribution in [0.25, 0.3) is 10.8 Å². The Morgan fingerprint density at radius 2 is 1.57 bits per heavy atom. The molecule has 7 nitrogen and oxygen atoms in total. The number of nitrogen functional groups attached to an aromatic ring is 1. The molecule has 0 unspecified atom stereocenters. The minimum absolute atomic E-state index is 0.167. The highest BCUT2D eigenvalue weighted by Gasteiger charge is 2.20. The van der Waals surface area contributed by atoms with Gasteiger partial charge in [0.15, 0.2) is 0 Å². The first-order valence-electron chi connectivity index (χ1n) is 12.1. The van der Waals surface area contributed by atoms with Crippen molar-refractivity contribution in [3.63, 3.8) is 0 Å². The van der Waals surface area contributed by atoms with E-state index in [9.17, 15) is 14.7 Å². The molecule has 0 bridgehead atoms. The second-order valence-corrected chi connectivity index (χ2v) is 8.51. The minimum Gasteiger partial charge on any atom is -0.507 e. The number of benzene rings is 4. The Bertz CT molecular complexity index is 1400. The lowest BCUT2D eigenvalue weighted by Gasteiger charge is -2.20. The Labute approximate surface area is 215 Å². The van der Waals surface area contributed by atoms with Crippen LogP contribution in [0.1, 0.15) is 30.9 Å². The summed E-state index contributed by atoms with van der Waals surface area (Å²) in [6.45, 7) is 0. The van der Waals surface area contributed by atoms with Gasteiger partial charge in [0.25, 0.3) is 0 Å². The van der Waals surface area contributed by atoms with Crippen molar-refractivity contribution < 1.29 is 19.4 Å². The number of nitrogens with two attached hydrogens (primary N) is 1. The number of nitrogens with one attached hydrogen (secondary N) is 2. The number of unbranched alkanes of at least 4 members (excludes halogenated alkanes) is 1. The molecule has 0 spiro atoms. The van der Waals surface area contributed by atoms with Gasteiger partial charge in [0, 0.05) is 16.6 Å². The van der Waals surface area contributed by atoms with E-state index in [2.05, 4.69) is 10.6 Å². The highest BCUT2D eigenvalue weighted by atomic mass is 16.6. The Balaban J connectivity index is 1.43. The lowest BCUT2D eigenvalue weighted by molar-refractivity contribution is -0.111. The molecule has 0 aromatic heterocycles. The molecule has 0 heterocycles. The van der Waals surface area contributed by atoms with E-state index < -0.39 is 12.2 Å². The van der Waals surface area contributed by atoms with Gasteiger partial charge < -0.3 is 20.9 Å². The van der Waals surface area contributed by atoms with E-state index in [0.717, 1.165) is 10.9 Å². The molecule has 2 amide bonds. The van der Waals surface area contributed by atoms with E-state index in [0.29, 0.717) is 41.7 Å². The maximum atomic E-state index is 12.7. The van der Waals surface area contributed by atoms with Crippen LogP contribution in [-0.4, -0.2) is 17.1 Å². The van der Waals surface area contributed by atoms with Crippen LogP contribution < -0.4 is 16.4 Å². The molecule has 37 heavy (non-hydrogen) atoms. The first-order valence-corrected chi connectivity index (χ1v) is 12.1. The summed E-state index contributed by atoms with van der Waals surface area (Å²) in [4.78, 5) is 24.9. The molecule has 5 N–H and O–H groups in total. The van der Waals surface area contributed by atoms with Crippen molar-refractivity contribution in [2.75, 3.05) is 16.4 Å². The summed E-state index contributed by atoms with van der Waals surface area (Å²) in [5.41, 5.74) is 8.37. The van der Waals surface area contributed by atoms with Gasteiger partial charge >= 0.3 is 6.09 Å². The van der Waals surface area contributed by atoms with Gasteiger partial charge in [-0.3, -0.25) is 10.1 Å². The van der Waals surface area contributed by atoms with E-state index in [1.165, 1.54) is 6.08 Å². The average Bonchev–Trinajstić information content (AvgIpc) is 2.90. The molecule has 0 aliphatic heterocycles. The van der Waals surface area contributed by atoms with Gasteiger partial charge in [-0.2, -0.15) is 0 Å². The first kappa shape index (κ1) is 25.3. The van der Waals surface area contributed by atoms with Crippen LogP contribution in [0.2, 0.25) is 0 Å². The van der Waals surface area contributed by atoms with E-state index in [1.807, 2.05) is 42.5 Å². The summed E-state index contributed by atoms with van der Waals surface area (Å²) < 4.78 is 5.86. The fourth-order valence-electron chi connectivity index (χ4n) is 4.06. The maximum absolute atomic E-state index is 12.7. The number of phenols is 1. The summed E-state index contributed by atoms with van der Waals surface area (Å²) in [6.07, 6.45) is 3.92. The number of allylic oxidation sites excluding steroid dienone is 1. The number of aromatic hydroxyl groups is 1. The summed E-state index contributed by atoms with van der Waals surface area (Å²) in [6, 6.07) is 27.0. The molecule has 4 rings (SSSR count). The number of ether oxygens (including phenoxy) is 1. The van der Waals surface area contributed by atoms with E-state index in [-0.39, 0.29) is 11.7 Å². The summed E-state index contributed by atoms with van der Waals surface area (Å²) >= 11 is 0. The summed E-state index contributed by atoms with van der Waals surface area (Å²) in [5, 5.41) is 17.3.